The Hall–Kier alpha value is -2.78. The van der Waals surface area contributed by atoms with E-state index < -0.39 is 23.5 Å². The number of hydrogen-bond donors (Lipinski definition) is 1. The molecule has 37 heavy (non-hydrogen) atoms. The average molecular weight is 518 g/mol. The van der Waals surface area contributed by atoms with Gasteiger partial charge in [0.2, 0.25) is 5.88 Å². The molecule has 1 aliphatic heterocycles. The number of halogens is 1. The van der Waals surface area contributed by atoms with Crippen molar-refractivity contribution in [2.24, 2.45) is 5.41 Å². The summed E-state index contributed by atoms with van der Waals surface area (Å²) in [6.45, 7) is 14.0. The van der Waals surface area contributed by atoms with Gasteiger partial charge in [0.05, 0.1) is 17.9 Å². The molecule has 0 aromatic carbocycles. The number of pyridine rings is 2. The minimum absolute atomic E-state index is 0.0825. The van der Waals surface area contributed by atoms with Gasteiger partial charge in [-0.3, -0.25) is 4.98 Å². The van der Waals surface area contributed by atoms with Crippen LogP contribution in [0.5, 0.6) is 5.88 Å². The predicted octanol–water partition coefficient (Wildman–Crippen LogP) is 5.57. The molecule has 3 rings (SSSR count). The first-order valence-electron chi connectivity index (χ1n) is 12.8. The molecule has 2 aromatic rings. The zero-order valence-corrected chi connectivity index (χ0v) is 23.1. The molecular weight excluding hydrogens is 477 g/mol. The van der Waals surface area contributed by atoms with E-state index in [4.69, 9.17) is 14.2 Å². The van der Waals surface area contributed by atoms with Crippen LogP contribution in [0.3, 0.4) is 0 Å². The Morgan fingerprint density at radius 2 is 1.86 bits per heavy atom. The molecule has 0 aliphatic carbocycles. The smallest absolute Gasteiger partial charge is 0.337 e. The average Bonchev–Trinajstić information content (AvgIpc) is 2.80. The zero-order chi connectivity index (χ0) is 27.4. The molecule has 0 spiro atoms. The van der Waals surface area contributed by atoms with Gasteiger partial charge in [-0.25, -0.2) is 14.2 Å². The standard InChI is InChI=1S/C28H40FN3O5/c1-18-22(24(26(33)34)37-27(2,3)4)23(32-11-9-28(5,6)10-12-32)20(17-30-18)19-15-21(29)25(31-16-19)36-14-8-13-35-7/h15-17,24H,8-14H2,1-7H3,(H,33,34)/t24-/m0/s1. The maximum absolute atomic E-state index is 15.0. The lowest BCUT2D eigenvalue weighted by Crippen LogP contribution is -2.39. The van der Waals surface area contributed by atoms with E-state index in [0.29, 0.717) is 41.1 Å². The lowest BCUT2D eigenvalue weighted by molar-refractivity contribution is -0.160. The third-order valence-corrected chi connectivity index (χ3v) is 6.53. The van der Waals surface area contributed by atoms with Gasteiger partial charge in [-0.05, 0) is 52.0 Å². The van der Waals surface area contributed by atoms with Crippen molar-refractivity contribution >= 4 is 11.7 Å². The number of aryl methyl sites for hydroxylation is 1. The molecule has 0 bridgehead atoms. The summed E-state index contributed by atoms with van der Waals surface area (Å²) in [5.41, 5.74) is 2.34. The van der Waals surface area contributed by atoms with Crippen LogP contribution in [0.4, 0.5) is 10.1 Å². The molecule has 0 radical (unpaired) electrons. The fourth-order valence-electron chi connectivity index (χ4n) is 4.45. The van der Waals surface area contributed by atoms with Crippen LogP contribution in [-0.4, -0.2) is 60.1 Å². The van der Waals surface area contributed by atoms with Gasteiger partial charge in [0.1, 0.15) is 0 Å². The quantitative estimate of drug-likeness (QED) is 0.409. The highest BCUT2D eigenvalue weighted by Gasteiger charge is 2.36. The highest BCUT2D eigenvalue weighted by molar-refractivity contribution is 5.86. The summed E-state index contributed by atoms with van der Waals surface area (Å²) in [7, 11) is 1.60. The minimum Gasteiger partial charge on any atom is -0.479 e. The molecule has 9 heteroatoms. The molecule has 1 atom stereocenters. The number of aliphatic carboxylic acids is 1. The van der Waals surface area contributed by atoms with Crippen LogP contribution in [0, 0.1) is 18.2 Å². The van der Waals surface area contributed by atoms with Crippen molar-refractivity contribution in [1.29, 1.82) is 0 Å². The van der Waals surface area contributed by atoms with E-state index in [1.165, 1.54) is 6.07 Å². The number of rotatable bonds is 10. The summed E-state index contributed by atoms with van der Waals surface area (Å²) >= 11 is 0. The van der Waals surface area contributed by atoms with Gasteiger partial charge in [0.25, 0.3) is 0 Å². The van der Waals surface area contributed by atoms with Crippen LogP contribution in [0.1, 0.15) is 71.2 Å². The Labute approximate surface area is 219 Å². The van der Waals surface area contributed by atoms with E-state index in [1.54, 1.807) is 26.4 Å². The maximum atomic E-state index is 15.0. The van der Waals surface area contributed by atoms with Gasteiger partial charge >= 0.3 is 5.97 Å². The van der Waals surface area contributed by atoms with Gasteiger partial charge < -0.3 is 24.2 Å². The van der Waals surface area contributed by atoms with Crippen LogP contribution >= 0.6 is 0 Å². The largest absolute Gasteiger partial charge is 0.479 e. The molecule has 0 amide bonds. The number of methoxy groups -OCH3 is 1. The van der Waals surface area contributed by atoms with Gasteiger partial charge in [-0.2, -0.15) is 0 Å². The van der Waals surface area contributed by atoms with E-state index in [9.17, 15) is 9.90 Å². The number of carboxylic acids is 1. The molecule has 2 aromatic heterocycles. The number of nitrogens with zero attached hydrogens (tertiary/aromatic N) is 3. The van der Waals surface area contributed by atoms with Crippen molar-refractivity contribution in [3.63, 3.8) is 0 Å². The summed E-state index contributed by atoms with van der Waals surface area (Å²) < 4.78 is 31.6. The van der Waals surface area contributed by atoms with Crippen molar-refractivity contribution in [2.75, 3.05) is 38.3 Å². The fraction of sp³-hybridized carbons (Fsp3) is 0.607. The van der Waals surface area contributed by atoms with E-state index in [-0.39, 0.29) is 17.9 Å². The molecule has 1 fully saturated rings. The lowest BCUT2D eigenvalue weighted by atomic mass is 9.82. The molecule has 8 nitrogen and oxygen atoms in total. The topological polar surface area (TPSA) is 94.0 Å². The fourth-order valence-corrected chi connectivity index (χ4v) is 4.45. The normalized spacial score (nSPS) is 16.5. The second-order valence-corrected chi connectivity index (χ2v) is 11.3. The van der Waals surface area contributed by atoms with Crippen LogP contribution < -0.4 is 9.64 Å². The predicted molar refractivity (Wildman–Crippen MR) is 141 cm³/mol. The Kier molecular flexibility index (Phi) is 9.13. The first-order chi connectivity index (χ1) is 17.3. The zero-order valence-electron chi connectivity index (χ0n) is 23.1. The number of carboxylic acid groups (broad SMARTS) is 1. The number of aromatic nitrogens is 2. The molecule has 0 unspecified atom stereocenters. The van der Waals surface area contributed by atoms with Crippen LogP contribution in [0.15, 0.2) is 18.5 Å². The summed E-state index contributed by atoms with van der Waals surface area (Å²) in [6, 6.07) is 1.37. The van der Waals surface area contributed by atoms with Gasteiger partial charge in [0, 0.05) is 68.0 Å². The Morgan fingerprint density at radius 1 is 1.19 bits per heavy atom. The van der Waals surface area contributed by atoms with Gasteiger partial charge in [-0.1, -0.05) is 13.8 Å². The monoisotopic (exact) mass is 517 g/mol. The summed E-state index contributed by atoms with van der Waals surface area (Å²) in [6.07, 6.45) is 4.46. The molecule has 0 saturated carbocycles. The first-order valence-corrected chi connectivity index (χ1v) is 12.8. The summed E-state index contributed by atoms with van der Waals surface area (Å²) in [4.78, 5) is 23.4. The third kappa shape index (κ3) is 7.38. The van der Waals surface area contributed by atoms with Gasteiger partial charge in [-0.15, -0.1) is 0 Å². The third-order valence-electron chi connectivity index (χ3n) is 6.53. The second-order valence-electron chi connectivity index (χ2n) is 11.3. The molecule has 1 N–H and O–H groups in total. The molecule has 1 aliphatic rings. The Bertz CT molecular complexity index is 1090. The molecular formula is C28H40FN3O5. The number of hydrogen-bond acceptors (Lipinski definition) is 7. The highest BCUT2D eigenvalue weighted by atomic mass is 19.1. The second kappa shape index (κ2) is 11.7. The molecule has 3 heterocycles. The van der Waals surface area contributed by atoms with Gasteiger partial charge in [0.15, 0.2) is 11.9 Å². The minimum atomic E-state index is -1.24. The highest BCUT2D eigenvalue weighted by Crippen LogP contribution is 2.43. The Balaban J connectivity index is 2.12. The van der Waals surface area contributed by atoms with Crippen molar-refractivity contribution in [3.05, 3.63) is 35.5 Å². The lowest BCUT2D eigenvalue weighted by Gasteiger charge is -2.40. The van der Waals surface area contributed by atoms with Crippen molar-refractivity contribution in [2.45, 2.75) is 72.5 Å². The number of carbonyl (C=O) groups is 1. The van der Waals surface area contributed by atoms with E-state index in [0.717, 1.165) is 25.9 Å². The van der Waals surface area contributed by atoms with E-state index in [1.807, 2.05) is 20.8 Å². The Morgan fingerprint density at radius 3 is 2.43 bits per heavy atom. The number of ether oxygens (including phenoxy) is 3. The molecule has 1 saturated heterocycles. The summed E-state index contributed by atoms with van der Waals surface area (Å²) in [5.74, 6) is -1.77. The van der Waals surface area contributed by atoms with Crippen molar-refractivity contribution in [3.8, 4) is 17.0 Å². The summed E-state index contributed by atoms with van der Waals surface area (Å²) in [5, 5.41) is 10.2. The van der Waals surface area contributed by atoms with Crippen molar-refractivity contribution in [1.82, 2.24) is 9.97 Å². The number of piperidine rings is 1. The van der Waals surface area contributed by atoms with Crippen LogP contribution in [0.2, 0.25) is 0 Å². The van der Waals surface area contributed by atoms with Crippen LogP contribution in [-0.2, 0) is 14.3 Å². The van der Waals surface area contributed by atoms with Crippen molar-refractivity contribution < 1.29 is 28.5 Å². The number of anilines is 1. The van der Waals surface area contributed by atoms with E-state index in [2.05, 4.69) is 28.7 Å². The maximum Gasteiger partial charge on any atom is 0.337 e. The SMILES string of the molecule is COCCCOc1ncc(-c2cnc(C)c([C@H](OC(C)(C)C)C(=O)O)c2N2CCC(C)(C)CC2)cc1F. The first kappa shape index (κ1) is 28.8. The van der Waals surface area contributed by atoms with E-state index >= 15 is 4.39 Å². The van der Waals surface area contributed by atoms with Crippen LogP contribution in [0.25, 0.3) is 11.1 Å². The molecule has 204 valence electrons.